The average Bonchev–Trinajstić information content (AvgIpc) is 2.82. The maximum Gasteiger partial charge on any atom is 0.278 e. The number of hydrogen-bond acceptors (Lipinski definition) is 6. The first-order chi connectivity index (χ1) is 8.79. The van der Waals surface area contributed by atoms with Crippen molar-refractivity contribution in [2.75, 3.05) is 11.0 Å². The van der Waals surface area contributed by atoms with E-state index in [1.54, 1.807) is 0 Å². The van der Waals surface area contributed by atoms with Crippen molar-refractivity contribution in [3.63, 3.8) is 0 Å². The van der Waals surface area contributed by atoms with Gasteiger partial charge in [0.1, 0.15) is 0 Å². The van der Waals surface area contributed by atoms with Gasteiger partial charge in [0.2, 0.25) is 0 Å². The fourth-order valence-corrected chi connectivity index (χ4v) is 2.78. The third-order valence-electron chi connectivity index (χ3n) is 2.13. The molecular formula is C9H10N4O4S2. The molecule has 0 unspecified atom stereocenters. The van der Waals surface area contributed by atoms with E-state index in [1.807, 2.05) is 0 Å². The van der Waals surface area contributed by atoms with Crippen LogP contribution in [0.3, 0.4) is 0 Å². The van der Waals surface area contributed by atoms with E-state index in [2.05, 4.69) is 19.9 Å². The van der Waals surface area contributed by atoms with Crippen molar-refractivity contribution in [3.05, 3.63) is 30.6 Å². The van der Waals surface area contributed by atoms with Crippen molar-refractivity contribution in [3.8, 4) is 0 Å². The number of rotatable bonds is 4. The Hall–Kier alpha value is -1.94. The van der Waals surface area contributed by atoms with Gasteiger partial charge in [0.15, 0.2) is 19.9 Å². The van der Waals surface area contributed by atoms with Crippen LogP contribution in [0.25, 0.3) is 0 Å². The summed E-state index contributed by atoms with van der Waals surface area (Å²) in [5.74, 6) is 0. The van der Waals surface area contributed by atoms with Crippen LogP contribution < -0.4 is 4.72 Å². The van der Waals surface area contributed by atoms with Gasteiger partial charge in [0.25, 0.3) is 10.0 Å². The molecule has 2 heterocycles. The molecule has 102 valence electrons. The predicted octanol–water partition coefficient (Wildman–Crippen LogP) is 0.00900. The number of aromatic nitrogens is 3. The zero-order valence-corrected chi connectivity index (χ0v) is 11.4. The summed E-state index contributed by atoms with van der Waals surface area (Å²) in [5.41, 5.74) is 0.155. The summed E-state index contributed by atoms with van der Waals surface area (Å²) in [5, 5.41) is 5.63. The molecule has 0 radical (unpaired) electrons. The van der Waals surface area contributed by atoms with Gasteiger partial charge in [-0.25, -0.2) is 13.4 Å². The molecule has 0 fully saturated rings. The molecule has 0 aliphatic rings. The Bertz CT molecular complexity index is 764. The fourth-order valence-electron chi connectivity index (χ4n) is 1.26. The molecule has 0 saturated heterocycles. The second-order valence-corrected chi connectivity index (χ2v) is 7.30. The molecule has 0 atom stereocenters. The van der Waals surface area contributed by atoms with E-state index in [-0.39, 0.29) is 15.7 Å². The number of pyridine rings is 1. The molecule has 0 bridgehead atoms. The highest BCUT2D eigenvalue weighted by molar-refractivity contribution is 7.92. The lowest BCUT2D eigenvalue weighted by Gasteiger charge is -2.06. The molecule has 19 heavy (non-hydrogen) atoms. The molecule has 2 rings (SSSR count). The molecular weight excluding hydrogens is 292 g/mol. The third-order valence-corrected chi connectivity index (χ3v) is 4.45. The molecule has 0 amide bonds. The molecule has 2 N–H and O–H groups in total. The van der Waals surface area contributed by atoms with Crippen LogP contribution >= 0.6 is 0 Å². The minimum Gasteiger partial charge on any atom is -0.277 e. The second-order valence-electron chi connectivity index (χ2n) is 3.68. The summed E-state index contributed by atoms with van der Waals surface area (Å²) in [6.07, 6.45) is 3.45. The Labute approximate surface area is 109 Å². The lowest BCUT2D eigenvalue weighted by Crippen LogP contribution is -2.14. The molecule has 8 nitrogen and oxygen atoms in total. The van der Waals surface area contributed by atoms with Crippen molar-refractivity contribution in [2.45, 2.75) is 10.1 Å². The lowest BCUT2D eigenvalue weighted by molar-refractivity contribution is 0.596. The van der Waals surface area contributed by atoms with Gasteiger partial charge >= 0.3 is 0 Å². The number of aromatic amines is 1. The van der Waals surface area contributed by atoms with Crippen LogP contribution in [0.1, 0.15) is 0 Å². The number of H-pyrrole nitrogens is 1. The molecule has 10 heteroatoms. The summed E-state index contributed by atoms with van der Waals surface area (Å²) >= 11 is 0. The van der Waals surface area contributed by atoms with E-state index < -0.39 is 19.9 Å². The fraction of sp³-hybridized carbons (Fsp3) is 0.111. The van der Waals surface area contributed by atoms with E-state index in [1.165, 1.54) is 24.4 Å². The van der Waals surface area contributed by atoms with Gasteiger partial charge in [-0.15, -0.1) is 0 Å². The van der Waals surface area contributed by atoms with Crippen LogP contribution in [0.5, 0.6) is 0 Å². The molecule has 0 aliphatic carbocycles. The van der Waals surface area contributed by atoms with Gasteiger partial charge in [-0.05, 0) is 18.2 Å². The van der Waals surface area contributed by atoms with Crippen LogP contribution in [0.2, 0.25) is 0 Å². The highest BCUT2D eigenvalue weighted by Gasteiger charge is 2.16. The third kappa shape index (κ3) is 3.09. The van der Waals surface area contributed by atoms with E-state index >= 15 is 0 Å². The van der Waals surface area contributed by atoms with Gasteiger partial charge < -0.3 is 0 Å². The smallest absolute Gasteiger partial charge is 0.277 e. The van der Waals surface area contributed by atoms with E-state index in [0.29, 0.717) is 0 Å². The van der Waals surface area contributed by atoms with Crippen molar-refractivity contribution in [1.29, 1.82) is 0 Å². The van der Waals surface area contributed by atoms with Crippen molar-refractivity contribution in [1.82, 2.24) is 15.2 Å². The summed E-state index contributed by atoms with van der Waals surface area (Å²) < 4.78 is 48.3. The number of sulfonamides is 1. The maximum absolute atomic E-state index is 11.8. The molecule has 0 spiro atoms. The number of nitrogens with one attached hydrogen (secondary N) is 2. The Morgan fingerprint density at radius 1 is 1.16 bits per heavy atom. The maximum atomic E-state index is 11.8. The normalized spacial score (nSPS) is 12.3. The minimum atomic E-state index is -3.78. The molecule has 0 saturated carbocycles. The zero-order valence-electron chi connectivity index (χ0n) is 9.73. The zero-order chi connectivity index (χ0) is 14.1. The number of sulfone groups is 1. The van der Waals surface area contributed by atoms with E-state index in [9.17, 15) is 16.8 Å². The first-order valence-corrected chi connectivity index (χ1v) is 8.35. The summed E-state index contributed by atoms with van der Waals surface area (Å²) in [6.45, 7) is 0. The topological polar surface area (TPSA) is 122 Å². The van der Waals surface area contributed by atoms with Crippen molar-refractivity contribution in [2.24, 2.45) is 0 Å². The predicted molar refractivity (Wildman–Crippen MR) is 66.7 cm³/mol. The monoisotopic (exact) mass is 302 g/mol. The van der Waals surface area contributed by atoms with Crippen LogP contribution in [0.15, 0.2) is 40.6 Å². The Kier molecular flexibility index (Phi) is 3.28. The van der Waals surface area contributed by atoms with Crippen LogP contribution in [0, 0.1) is 0 Å². The van der Waals surface area contributed by atoms with Crippen LogP contribution in [0.4, 0.5) is 5.69 Å². The SMILES string of the molecule is CS(=O)(=O)c1ccc(NS(=O)(=O)c2ccn[nH]2)cn1. The van der Waals surface area contributed by atoms with Crippen LogP contribution in [-0.2, 0) is 19.9 Å². The van der Waals surface area contributed by atoms with Gasteiger partial charge in [0, 0.05) is 6.26 Å². The number of nitrogens with zero attached hydrogens (tertiary/aromatic N) is 2. The minimum absolute atomic E-state index is 0.0975. The Balaban J connectivity index is 2.26. The van der Waals surface area contributed by atoms with Crippen molar-refractivity contribution < 1.29 is 16.8 Å². The van der Waals surface area contributed by atoms with E-state index in [0.717, 1.165) is 12.5 Å². The lowest BCUT2D eigenvalue weighted by atomic mass is 10.4. The molecule has 2 aromatic rings. The van der Waals surface area contributed by atoms with Gasteiger partial charge in [-0.3, -0.25) is 9.82 Å². The highest BCUT2D eigenvalue weighted by Crippen LogP contribution is 2.14. The van der Waals surface area contributed by atoms with Gasteiger partial charge in [-0.2, -0.15) is 13.5 Å². The molecule has 0 aromatic carbocycles. The van der Waals surface area contributed by atoms with E-state index in [4.69, 9.17) is 0 Å². The first kappa shape index (κ1) is 13.5. The van der Waals surface area contributed by atoms with Gasteiger partial charge in [-0.1, -0.05) is 0 Å². The second kappa shape index (κ2) is 4.63. The summed E-state index contributed by atoms with van der Waals surface area (Å²) in [7, 11) is -7.19. The Morgan fingerprint density at radius 3 is 2.37 bits per heavy atom. The van der Waals surface area contributed by atoms with Gasteiger partial charge in [0.05, 0.1) is 18.1 Å². The highest BCUT2D eigenvalue weighted by atomic mass is 32.2. The first-order valence-electron chi connectivity index (χ1n) is 4.97. The standard InChI is InChI=1S/C9H10N4O4S2/c1-18(14,15)8-3-2-7(6-10-8)13-19(16,17)9-4-5-11-12-9/h2-6,13H,1H3,(H,11,12). The Morgan fingerprint density at radius 2 is 1.89 bits per heavy atom. The number of hydrogen-bond donors (Lipinski definition) is 2. The largest absolute Gasteiger partial charge is 0.278 e. The molecule has 2 aromatic heterocycles. The molecule has 0 aliphatic heterocycles. The summed E-state index contributed by atoms with van der Waals surface area (Å²) in [6, 6.07) is 3.83. The quantitative estimate of drug-likeness (QED) is 0.820. The average molecular weight is 302 g/mol. The van der Waals surface area contributed by atoms with Crippen molar-refractivity contribution >= 4 is 25.5 Å². The number of anilines is 1. The summed E-state index contributed by atoms with van der Waals surface area (Å²) in [4.78, 5) is 3.67. The van der Waals surface area contributed by atoms with Crippen LogP contribution in [-0.4, -0.2) is 38.3 Å².